The van der Waals surface area contributed by atoms with Crippen molar-refractivity contribution in [3.05, 3.63) is 27.5 Å². The predicted molar refractivity (Wildman–Crippen MR) is 51.2 cm³/mol. The van der Waals surface area contributed by atoms with Gasteiger partial charge in [0, 0.05) is 0 Å². The second-order valence-electron chi connectivity index (χ2n) is 3.00. The summed E-state index contributed by atoms with van der Waals surface area (Å²) in [6, 6.07) is 2.14. The minimum absolute atomic E-state index is 0.0794. The maximum Gasteiger partial charge on any atom is 0.418 e. The van der Waals surface area contributed by atoms with E-state index in [1.54, 1.807) is 6.07 Å². The highest BCUT2D eigenvalue weighted by atomic mass is 79.9. The van der Waals surface area contributed by atoms with E-state index in [0.717, 1.165) is 0 Å². The quantitative estimate of drug-likeness (QED) is 0.614. The van der Waals surface area contributed by atoms with E-state index in [1.165, 1.54) is 0 Å². The van der Waals surface area contributed by atoms with E-state index in [2.05, 4.69) is 20.9 Å². The first-order valence-corrected chi connectivity index (χ1v) is 4.98. The molecule has 0 fully saturated rings. The Morgan fingerprint density at radius 3 is 2.41 bits per heavy atom. The highest BCUT2D eigenvalue weighted by Crippen LogP contribution is 2.37. The van der Waals surface area contributed by atoms with Crippen molar-refractivity contribution in [1.29, 1.82) is 5.26 Å². The lowest BCUT2D eigenvalue weighted by atomic mass is 10.1. The third-order valence-electron chi connectivity index (χ3n) is 1.86. The molecule has 0 unspecified atom stereocenters. The first-order chi connectivity index (χ1) is 7.77. The van der Waals surface area contributed by atoms with Crippen LogP contribution in [0.2, 0.25) is 0 Å². The number of nitrogens with zero attached hydrogens (tertiary/aromatic N) is 2. The van der Waals surface area contributed by atoms with Gasteiger partial charge >= 0.3 is 6.18 Å². The number of hydrogen-bond donors (Lipinski definition) is 0. The van der Waals surface area contributed by atoms with Crippen LogP contribution in [0.3, 0.4) is 0 Å². The van der Waals surface area contributed by atoms with Gasteiger partial charge in [0.05, 0.1) is 18.1 Å². The Hall–Kier alpha value is -1.23. The van der Waals surface area contributed by atoms with Crippen LogP contribution in [0.4, 0.5) is 22.0 Å². The van der Waals surface area contributed by atoms with E-state index in [0.29, 0.717) is 6.07 Å². The average molecular weight is 315 g/mol. The highest BCUT2D eigenvalue weighted by molar-refractivity contribution is 9.10. The minimum Gasteiger partial charge on any atom is -0.239 e. The van der Waals surface area contributed by atoms with E-state index in [1.807, 2.05) is 0 Å². The molecule has 0 bridgehead atoms. The maximum atomic E-state index is 12.5. The van der Waals surface area contributed by atoms with Gasteiger partial charge < -0.3 is 0 Å². The number of aromatic nitrogens is 1. The molecule has 0 saturated heterocycles. The van der Waals surface area contributed by atoms with Crippen LogP contribution in [0, 0.1) is 11.3 Å². The van der Waals surface area contributed by atoms with Gasteiger partial charge in [0.1, 0.15) is 10.3 Å². The van der Waals surface area contributed by atoms with Gasteiger partial charge in [0.25, 0.3) is 6.43 Å². The average Bonchev–Trinajstić information content (AvgIpc) is 2.18. The second-order valence-corrected chi connectivity index (χ2v) is 3.76. The number of halogens is 6. The van der Waals surface area contributed by atoms with Crippen LogP contribution >= 0.6 is 15.9 Å². The van der Waals surface area contributed by atoms with Crippen LogP contribution in [0.1, 0.15) is 23.2 Å². The summed E-state index contributed by atoms with van der Waals surface area (Å²) in [5, 5.41) is 8.39. The molecule has 0 N–H and O–H groups in total. The van der Waals surface area contributed by atoms with Crippen LogP contribution in [-0.4, -0.2) is 4.98 Å². The standard InChI is InChI=1S/C9H4BrF5N2/c10-7-4(1-2-16)3-5(9(13,14)15)6(17-7)8(11)12/h3,8H,1H2. The van der Waals surface area contributed by atoms with Crippen LogP contribution in [0.15, 0.2) is 10.7 Å². The summed E-state index contributed by atoms with van der Waals surface area (Å²) >= 11 is 2.75. The van der Waals surface area contributed by atoms with Gasteiger partial charge in [-0.1, -0.05) is 0 Å². The van der Waals surface area contributed by atoms with Crippen molar-refractivity contribution in [3.63, 3.8) is 0 Å². The molecule has 0 radical (unpaired) electrons. The number of nitriles is 1. The van der Waals surface area contributed by atoms with E-state index >= 15 is 0 Å². The molecule has 0 spiro atoms. The molecular formula is C9H4BrF5N2. The van der Waals surface area contributed by atoms with Gasteiger partial charge in [-0.2, -0.15) is 18.4 Å². The molecule has 1 heterocycles. The van der Waals surface area contributed by atoms with Crippen molar-refractivity contribution >= 4 is 15.9 Å². The summed E-state index contributed by atoms with van der Waals surface area (Å²) in [6.45, 7) is 0. The molecule has 0 aliphatic heterocycles. The van der Waals surface area contributed by atoms with Crippen molar-refractivity contribution in [3.8, 4) is 6.07 Å². The zero-order valence-corrected chi connectivity index (χ0v) is 9.61. The summed E-state index contributed by atoms with van der Waals surface area (Å²) in [7, 11) is 0. The molecule has 0 atom stereocenters. The van der Waals surface area contributed by atoms with Gasteiger partial charge in [-0.25, -0.2) is 13.8 Å². The van der Waals surface area contributed by atoms with E-state index in [-0.39, 0.29) is 16.6 Å². The Balaban J connectivity index is 3.44. The minimum atomic E-state index is -4.93. The zero-order valence-electron chi connectivity index (χ0n) is 8.02. The Kier molecular flexibility index (Phi) is 4.03. The maximum absolute atomic E-state index is 12.5. The van der Waals surface area contributed by atoms with Gasteiger partial charge in [0.15, 0.2) is 0 Å². The summed E-state index contributed by atoms with van der Waals surface area (Å²) in [5.41, 5.74) is -2.93. The molecule has 17 heavy (non-hydrogen) atoms. The topological polar surface area (TPSA) is 36.7 Å². The van der Waals surface area contributed by atoms with E-state index in [4.69, 9.17) is 5.26 Å². The molecule has 8 heteroatoms. The Labute approximate surface area is 101 Å². The normalized spacial score (nSPS) is 11.6. The molecule has 92 valence electrons. The number of rotatable bonds is 2. The lowest BCUT2D eigenvalue weighted by Crippen LogP contribution is -2.13. The first-order valence-electron chi connectivity index (χ1n) is 4.19. The third kappa shape index (κ3) is 3.12. The van der Waals surface area contributed by atoms with E-state index < -0.39 is 23.9 Å². The summed E-state index contributed by atoms with van der Waals surface area (Å²) in [6.07, 6.45) is -8.61. The number of alkyl halides is 5. The van der Waals surface area contributed by atoms with Gasteiger partial charge in [-0.3, -0.25) is 0 Å². The van der Waals surface area contributed by atoms with Gasteiger partial charge in [0.2, 0.25) is 0 Å². The lowest BCUT2D eigenvalue weighted by Gasteiger charge is -2.13. The van der Waals surface area contributed by atoms with Crippen molar-refractivity contribution < 1.29 is 22.0 Å². The fourth-order valence-electron chi connectivity index (χ4n) is 1.15. The van der Waals surface area contributed by atoms with Crippen LogP contribution in [0.25, 0.3) is 0 Å². The predicted octanol–water partition coefficient (Wildman–Crippen LogP) is 3.87. The molecule has 0 aliphatic rings. The summed E-state index contributed by atoms with van der Waals surface area (Å²) < 4.78 is 62.1. The monoisotopic (exact) mass is 314 g/mol. The summed E-state index contributed by atoms with van der Waals surface area (Å²) in [4.78, 5) is 3.15. The number of hydrogen-bond acceptors (Lipinski definition) is 2. The molecule has 2 nitrogen and oxygen atoms in total. The van der Waals surface area contributed by atoms with E-state index in [9.17, 15) is 22.0 Å². The molecule has 1 aromatic rings. The molecule has 0 aliphatic carbocycles. The fourth-order valence-corrected chi connectivity index (χ4v) is 1.59. The van der Waals surface area contributed by atoms with Crippen LogP contribution in [0.5, 0.6) is 0 Å². The molecule has 0 aromatic carbocycles. The largest absolute Gasteiger partial charge is 0.418 e. The Morgan fingerprint density at radius 1 is 1.41 bits per heavy atom. The lowest BCUT2D eigenvalue weighted by molar-refractivity contribution is -0.140. The third-order valence-corrected chi connectivity index (χ3v) is 2.55. The summed E-state index contributed by atoms with van der Waals surface area (Å²) in [5.74, 6) is 0. The SMILES string of the molecule is N#CCc1cc(C(F)(F)F)c(C(F)F)nc1Br. The van der Waals surface area contributed by atoms with Gasteiger partial charge in [-0.05, 0) is 27.6 Å². The second kappa shape index (κ2) is 4.96. The smallest absolute Gasteiger partial charge is 0.239 e. The van der Waals surface area contributed by atoms with Crippen molar-refractivity contribution in [1.82, 2.24) is 4.98 Å². The van der Waals surface area contributed by atoms with Crippen molar-refractivity contribution in [2.45, 2.75) is 19.0 Å². The van der Waals surface area contributed by atoms with Crippen molar-refractivity contribution in [2.75, 3.05) is 0 Å². The van der Waals surface area contributed by atoms with Crippen LogP contribution < -0.4 is 0 Å². The van der Waals surface area contributed by atoms with Gasteiger partial charge in [-0.15, -0.1) is 0 Å². The highest BCUT2D eigenvalue weighted by Gasteiger charge is 2.37. The number of pyridine rings is 1. The fraction of sp³-hybridized carbons (Fsp3) is 0.333. The van der Waals surface area contributed by atoms with Crippen LogP contribution in [-0.2, 0) is 12.6 Å². The molecule has 1 rings (SSSR count). The van der Waals surface area contributed by atoms with Crippen molar-refractivity contribution in [2.24, 2.45) is 0 Å². The molecule has 0 amide bonds. The molecule has 1 aromatic heterocycles. The molecular weight excluding hydrogens is 311 g/mol. The first kappa shape index (κ1) is 13.8. The Morgan fingerprint density at radius 2 is 2.00 bits per heavy atom. The molecule has 0 saturated carbocycles. The Bertz CT molecular complexity index is 464. The zero-order chi connectivity index (χ0) is 13.2.